The Balaban J connectivity index is 2.02. The Kier molecular flexibility index (Phi) is 6.82. The number of carbonyl (C=O) groups excluding carboxylic acids is 2. The number of ether oxygens (including phenoxy) is 1. The van der Waals surface area contributed by atoms with Gasteiger partial charge in [-0.2, -0.15) is 0 Å². The van der Waals surface area contributed by atoms with Gasteiger partial charge >= 0.3 is 5.97 Å². The zero-order valence-corrected chi connectivity index (χ0v) is 18.6. The molecular weight excluding hydrogens is 398 g/mol. The van der Waals surface area contributed by atoms with Crippen LogP contribution in [-0.2, 0) is 14.3 Å². The molecule has 3 rings (SSSR count). The van der Waals surface area contributed by atoms with Crippen molar-refractivity contribution < 1.29 is 14.3 Å². The lowest BCUT2D eigenvalue weighted by atomic mass is 9.93. The first-order valence-corrected chi connectivity index (χ1v) is 10.8. The molecule has 1 aromatic rings. The van der Waals surface area contributed by atoms with Gasteiger partial charge in [-0.3, -0.25) is 4.79 Å². The van der Waals surface area contributed by atoms with Crippen molar-refractivity contribution in [3.63, 3.8) is 0 Å². The van der Waals surface area contributed by atoms with Gasteiger partial charge in [0.1, 0.15) is 6.61 Å². The van der Waals surface area contributed by atoms with Gasteiger partial charge in [0.05, 0.1) is 23.7 Å². The molecule has 0 saturated carbocycles. The minimum atomic E-state index is -0.427. The molecule has 0 bridgehead atoms. The van der Waals surface area contributed by atoms with Crippen molar-refractivity contribution in [1.29, 1.82) is 0 Å². The molecule has 0 aromatic heterocycles. The summed E-state index contributed by atoms with van der Waals surface area (Å²) in [5, 5.41) is 5.62. The van der Waals surface area contributed by atoms with Crippen LogP contribution < -0.4 is 5.32 Å². The maximum atomic E-state index is 13.0. The number of nitrogens with zero attached hydrogens (tertiary/aromatic N) is 2. The zero-order valence-electron chi connectivity index (χ0n) is 17.8. The molecule has 0 saturated heterocycles. The van der Waals surface area contributed by atoms with Crippen LogP contribution in [0.1, 0.15) is 44.4 Å². The summed E-state index contributed by atoms with van der Waals surface area (Å²) in [6.07, 6.45) is 1.75. The quantitative estimate of drug-likeness (QED) is 0.523. The van der Waals surface area contributed by atoms with E-state index >= 15 is 0 Å². The van der Waals surface area contributed by atoms with Crippen LogP contribution in [0.15, 0.2) is 64.3 Å². The predicted octanol–water partition coefficient (Wildman–Crippen LogP) is 4.21. The summed E-state index contributed by atoms with van der Waals surface area (Å²) in [5.41, 5.74) is 3.97. The molecule has 0 radical (unpaired) electrons. The zero-order chi connectivity index (χ0) is 21.8. The Morgan fingerprint density at radius 1 is 1.30 bits per heavy atom. The number of hydrogen-bond acceptors (Lipinski definition) is 6. The van der Waals surface area contributed by atoms with E-state index in [9.17, 15) is 9.59 Å². The minimum Gasteiger partial charge on any atom is -0.458 e. The SMILES string of the molecule is C=CCOC(=O)C1=C(C)N=C2SC=C(CC(=O)NC(C)C)N2C1c1ccc(C)cc1. The van der Waals surface area contributed by atoms with Gasteiger partial charge in [0.15, 0.2) is 5.17 Å². The van der Waals surface area contributed by atoms with Crippen LogP contribution in [0.4, 0.5) is 0 Å². The predicted molar refractivity (Wildman–Crippen MR) is 121 cm³/mol. The Morgan fingerprint density at radius 2 is 2.00 bits per heavy atom. The van der Waals surface area contributed by atoms with Crippen molar-refractivity contribution in [2.45, 2.75) is 46.2 Å². The number of amides is 1. The molecule has 2 heterocycles. The number of nitrogens with one attached hydrogen (secondary N) is 1. The summed E-state index contributed by atoms with van der Waals surface area (Å²) in [6.45, 7) is 11.4. The van der Waals surface area contributed by atoms with Gasteiger partial charge < -0.3 is 15.0 Å². The van der Waals surface area contributed by atoms with Gasteiger partial charge in [-0.1, -0.05) is 54.2 Å². The number of allylic oxidation sites excluding steroid dienone is 1. The molecular formula is C23H27N3O3S. The van der Waals surface area contributed by atoms with Gasteiger partial charge in [-0.25, -0.2) is 9.79 Å². The minimum absolute atomic E-state index is 0.0566. The van der Waals surface area contributed by atoms with Crippen molar-refractivity contribution in [3.05, 3.63) is 70.4 Å². The van der Waals surface area contributed by atoms with Crippen LogP contribution in [-0.4, -0.2) is 34.6 Å². The summed E-state index contributed by atoms with van der Waals surface area (Å²) in [7, 11) is 0. The van der Waals surface area contributed by atoms with E-state index in [0.29, 0.717) is 11.3 Å². The number of fused-ring (bicyclic) bond motifs is 1. The highest BCUT2D eigenvalue weighted by Crippen LogP contribution is 2.44. The first kappa shape index (κ1) is 21.9. The van der Waals surface area contributed by atoms with Crippen LogP contribution in [0, 0.1) is 6.92 Å². The maximum Gasteiger partial charge on any atom is 0.338 e. The second-order valence-corrected chi connectivity index (χ2v) is 8.43. The molecule has 1 atom stereocenters. The maximum absolute atomic E-state index is 13.0. The smallest absolute Gasteiger partial charge is 0.338 e. The molecule has 30 heavy (non-hydrogen) atoms. The third-order valence-corrected chi connectivity index (χ3v) is 5.63. The highest BCUT2D eigenvalue weighted by molar-refractivity contribution is 8.16. The summed E-state index contributed by atoms with van der Waals surface area (Å²) in [6, 6.07) is 7.68. The number of hydrogen-bond donors (Lipinski definition) is 1. The molecule has 6 nitrogen and oxygen atoms in total. The highest BCUT2D eigenvalue weighted by Gasteiger charge is 2.41. The van der Waals surface area contributed by atoms with E-state index < -0.39 is 12.0 Å². The molecule has 0 aliphatic carbocycles. The Bertz CT molecular complexity index is 945. The van der Waals surface area contributed by atoms with Crippen LogP contribution in [0.5, 0.6) is 0 Å². The van der Waals surface area contributed by atoms with E-state index in [4.69, 9.17) is 4.74 Å². The second-order valence-electron chi connectivity index (χ2n) is 7.59. The van der Waals surface area contributed by atoms with E-state index in [-0.39, 0.29) is 25.0 Å². The van der Waals surface area contributed by atoms with E-state index in [1.807, 2.05) is 62.3 Å². The molecule has 0 fully saturated rings. The number of aryl methyl sites for hydroxylation is 1. The van der Waals surface area contributed by atoms with Crippen LogP contribution in [0.2, 0.25) is 0 Å². The third-order valence-electron chi connectivity index (χ3n) is 4.74. The van der Waals surface area contributed by atoms with Crippen LogP contribution in [0.25, 0.3) is 0 Å². The summed E-state index contributed by atoms with van der Waals surface area (Å²) < 4.78 is 5.38. The topological polar surface area (TPSA) is 71.0 Å². The Morgan fingerprint density at radius 3 is 2.63 bits per heavy atom. The Hall–Kier alpha value is -2.80. The number of rotatable bonds is 7. The molecule has 158 valence electrons. The average Bonchev–Trinajstić information content (AvgIpc) is 3.07. The summed E-state index contributed by atoms with van der Waals surface area (Å²) in [5.74, 6) is -0.494. The van der Waals surface area contributed by atoms with Crippen molar-refractivity contribution in [1.82, 2.24) is 10.2 Å². The molecule has 1 aromatic carbocycles. The molecule has 1 unspecified atom stereocenters. The van der Waals surface area contributed by atoms with E-state index in [1.54, 1.807) is 6.08 Å². The molecule has 2 aliphatic rings. The van der Waals surface area contributed by atoms with Gasteiger partial charge in [-0.05, 0) is 38.7 Å². The summed E-state index contributed by atoms with van der Waals surface area (Å²) >= 11 is 1.46. The average molecular weight is 426 g/mol. The fourth-order valence-corrected chi connectivity index (χ4v) is 4.41. The largest absolute Gasteiger partial charge is 0.458 e. The van der Waals surface area contributed by atoms with Crippen molar-refractivity contribution in [2.24, 2.45) is 4.99 Å². The number of benzene rings is 1. The van der Waals surface area contributed by atoms with Crippen LogP contribution in [0.3, 0.4) is 0 Å². The third kappa shape index (κ3) is 4.67. The first-order chi connectivity index (χ1) is 14.3. The lowest BCUT2D eigenvalue weighted by Gasteiger charge is -2.36. The highest BCUT2D eigenvalue weighted by atomic mass is 32.2. The number of carbonyl (C=O) groups is 2. The van der Waals surface area contributed by atoms with Crippen molar-refractivity contribution in [2.75, 3.05) is 6.61 Å². The van der Waals surface area contributed by atoms with Gasteiger partial charge in [-0.15, -0.1) is 0 Å². The monoisotopic (exact) mass is 425 g/mol. The fraction of sp³-hybridized carbons (Fsp3) is 0.348. The fourth-order valence-electron chi connectivity index (χ4n) is 3.44. The van der Waals surface area contributed by atoms with Crippen molar-refractivity contribution in [3.8, 4) is 0 Å². The van der Waals surface area contributed by atoms with Crippen molar-refractivity contribution >= 4 is 28.8 Å². The molecule has 7 heteroatoms. The second kappa shape index (κ2) is 9.34. The van der Waals surface area contributed by atoms with Gasteiger partial charge in [0.25, 0.3) is 0 Å². The standard InChI is InChI=1S/C23H27N3O3S/c1-6-11-29-22(28)20-16(5)25-23-26(21(20)17-9-7-15(4)8-10-17)18(13-30-23)12-19(27)24-14(2)3/h6-10,13-14,21H,1,11-12H2,2-5H3,(H,24,27). The van der Waals surface area contributed by atoms with Crippen LogP contribution >= 0.6 is 11.8 Å². The lowest BCUT2D eigenvalue weighted by molar-refractivity contribution is -0.138. The first-order valence-electron chi connectivity index (χ1n) is 9.90. The van der Waals surface area contributed by atoms with E-state index in [0.717, 1.165) is 22.0 Å². The normalized spacial score (nSPS) is 18.0. The lowest BCUT2D eigenvalue weighted by Crippen LogP contribution is -2.38. The molecule has 1 amide bonds. The van der Waals surface area contributed by atoms with Gasteiger partial charge in [0.2, 0.25) is 5.91 Å². The number of esters is 1. The van der Waals surface area contributed by atoms with E-state index in [2.05, 4.69) is 16.9 Å². The number of thioether (sulfide) groups is 1. The molecule has 2 aliphatic heterocycles. The summed E-state index contributed by atoms with van der Waals surface area (Å²) in [4.78, 5) is 32.0. The molecule has 0 spiro atoms. The Labute approximate surface area is 181 Å². The number of amidine groups is 1. The van der Waals surface area contributed by atoms with E-state index in [1.165, 1.54) is 11.8 Å². The number of aliphatic imine (C=N–C) groups is 1. The van der Waals surface area contributed by atoms with Gasteiger partial charge in [0, 0.05) is 11.7 Å². The molecule has 1 N–H and O–H groups in total.